The third-order valence-corrected chi connectivity index (χ3v) is 5.25. The predicted molar refractivity (Wildman–Crippen MR) is 140 cm³/mol. The molecule has 0 radical (unpaired) electrons. The zero-order chi connectivity index (χ0) is 25.6. The molecule has 0 spiro atoms. The van der Waals surface area contributed by atoms with E-state index in [1.165, 1.54) is 18.7 Å². The quantitative estimate of drug-likeness (QED) is 0.214. The van der Waals surface area contributed by atoms with Crippen molar-refractivity contribution in [3.05, 3.63) is 90.1 Å². The van der Waals surface area contributed by atoms with Crippen LogP contribution in [0, 0.1) is 6.92 Å². The Morgan fingerprint density at radius 2 is 1.73 bits per heavy atom. The first-order valence-electron chi connectivity index (χ1n) is 11.1. The van der Waals surface area contributed by atoms with Crippen molar-refractivity contribution in [2.45, 2.75) is 6.92 Å². The van der Waals surface area contributed by atoms with Crippen molar-refractivity contribution in [3.63, 3.8) is 0 Å². The van der Waals surface area contributed by atoms with Gasteiger partial charge in [0.25, 0.3) is 0 Å². The molecule has 11 nitrogen and oxygen atoms in total. The van der Waals surface area contributed by atoms with Gasteiger partial charge in [-0.1, -0.05) is 41.9 Å². The van der Waals surface area contributed by atoms with Crippen molar-refractivity contribution in [2.24, 2.45) is 0 Å². The van der Waals surface area contributed by atoms with Crippen molar-refractivity contribution in [2.75, 3.05) is 16.0 Å². The number of amides is 2. The van der Waals surface area contributed by atoms with Gasteiger partial charge < -0.3 is 20.7 Å². The fourth-order valence-corrected chi connectivity index (χ4v) is 3.57. The van der Waals surface area contributed by atoms with Crippen molar-refractivity contribution >= 4 is 40.6 Å². The number of halogens is 1. The molecular formula is C25H20ClN9O2. The van der Waals surface area contributed by atoms with Crippen LogP contribution < -0.4 is 20.7 Å². The molecule has 2 aromatic carbocycles. The van der Waals surface area contributed by atoms with Gasteiger partial charge in [-0.15, -0.1) is 0 Å². The third-order valence-electron chi connectivity index (χ3n) is 4.95. The minimum atomic E-state index is -0.466. The molecule has 0 saturated carbocycles. The normalized spacial score (nSPS) is 10.5. The van der Waals surface area contributed by atoms with Gasteiger partial charge in [-0.3, -0.25) is 5.10 Å². The second-order valence-electron chi connectivity index (χ2n) is 7.79. The Labute approximate surface area is 216 Å². The highest BCUT2D eigenvalue weighted by atomic mass is 35.5. The molecule has 4 N–H and O–H groups in total. The summed E-state index contributed by atoms with van der Waals surface area (Å²) in [5, 5.41) is 16.1. The van der Waals surface area contributed by atoms with Gasteiger partial charge in [0.05, 0.1) is 28.8 Å². The highest BCUT2D eigenvalue weighted by molar-refractivity contribution is 6.32. The summed E-state index contributed by atoms with van der Waals surface area (Å²) >= 11 is 6.39. The summed E-state index contributed by atoms with van der Waals surface area (Å²) in [6, 6.07) is 18.0. The summed E-state index contributed by atoms with van der Waals surface area (Å²) in [6.45, 7) is 1.83. The van der Waals surface area contributed by atoms with Crippen LogP contribution in [0.1, 0.15) is 5.69 Å². The molecule has 0 fully saturated rings. The number of ether oxygens (including phenoxy) is 1. The minimum Gasteiger partial charge on any atom is -0.423 e. The number of rotatable bonds is 7. The molecule has 0 saturated heterocycles. The summed E-state index contributed by atoms with van der Waals surface area (Å²) in [5.41, 5.74) is 3.41. The Hall–Kier alpha value is -5.03. The van der Waals surface area contributed by atoms with Gasteiger partial charge in [0.15, 0.2) is 0 Å². The SMILES string of the molecule is Cc1cc(Nc2cc(-c3ccccc3)n[nH]2)nc(Oc2ccc(NC(=O)Nc3cncnc3)cc2Cl)n1. The van der Waals surface area contributed by atoms with Crippen LogP contribution in [0.4, 0.5) is 27.8 Å². The van der Waals surface area contributed by atoms with E-state index >= 15 is 0 Å². The lowest BCUT2D eigenvalue weighted by Gasteiger charge is -2.11. The van der Waals surface area contributed by atoms with E-state index in [1.807, 2.05) is 43.3 Å². The number of benzene rings is 2. The molecule has 0 bridgehead atoms. The largest absolute Gasteiger partial charge is 0.423 e. The lowest BCUT2D eigenvalue weighted by Crippen LogP contribution is -2.19. The number of anilines is 4. The van der Waals surface area contributed by atoms with Crippen LogP contribution in [0.3, 0.4) is 0 Å². The number of nitrogens with one attached hydrogen (secondary N) is 4. The monoisotopic (exact) mass is 513 g/mol. The highest BCUT2D eigenvalue weighted by Crippen LogP contribution is 2.31. The van der Waals surface area contributed by atoms with E-state index in [9.17, 15) is 4.79 Å². The van der Waals surface area contributed by atoms with Gasteiger partial charge in [-0.05, 0) is 25.1 Å². The molecule has 3 heterocycles. The van der Waals surface area contributed by atoms with Crippen LogP contribution in [-0.4, -0.2) is 36.2 Å². The first-order valence-corrected chi connectivity index (χ1v) is 11.4. The molecule has 12 heteroatoms. The number of hydrogen-bond acceptors (Lipinski definition) is 8. The lowest BCUT2D eigenvalue weighted by atomic mass is 10.2. The maximum Gasteiger partial charge on any atom is 0.324 e. The van der Waals surface area contributed by atoms with Gasteiger partial charge in [-0.2, -0.15) is 10.1 Å². The van der Waals surface area contributed by atoms with E-state index in [-0.39, 0.29) is 11.0 Å². The van der Waals surface area contributed by atoms with Crippen LogP contribution in [-0.2, 0) is 0 Å². The summed E-state index contributed by atoms with van der Waals surface area (Å²) in [5.74, 6) is 1.51. The van der Waals surface area contributed by atoms with E-state index in [0.717, 1.165) is 11.3 Å². The lowest BCUT2D eigenvalue weighted by molar-refractivity contribution is 0.262. The van der Waals surface area contributed by atoms with Crippen molar-refractivity contribution in [1.82, 2.24) is 30.1 Å². The summed E-state index contributed by atoms with van der Waals surface area (Å²) in [7, 11) is 0. The van der Waals surface area contributed by atoms with Crippen molar-refractivity contribution in [1.29, 1.82) is 0 Å². The van der Waals surface area contributed by atoms with E-state index in [0.29, 0.717) is 34.5 Å². The van der Waals surface area contributed by atoms with Crippen LogP contribution in [0.5, 0.6) is 11.8 Å². The topological polar surface area (TPSA) is 143 Å². The second-order valence-corrected chi connectivity index (χ2v) is 8.20. The Balaban J connectivity index is 1.25. The second kappa shape index (κ2) is 10.7. The average molecular weight is 514 g/mol. The predicted octanol–water partition coefficient (Wildman–Crippen LogP) is 5.80. The number of urea groups is 1. The molecule has 3 aromatic heterocycles. The Kier molecular flexibility index (Phi) is 6.86. The fraction of sp³-hybridized carbons (Fsp3) is 0.0400. The van der Waals surface area contributed by atoms with E-state index in [2.05, 4.69) is 46.1 Å². The van der Waals surface area contributed by atoms with Gasteiger partial charge in [0.2, 0.25) is 0 Å². The minimum absolute atomic E-state index is 0.106. The zero-order valence-corrected chi connectivity index (χ0v) is 20.2. The number of aryl methyl sites for hydroxylation is 1. The van der Waals surface area contributed by atoms with Gasteiger partial charge in [-0.25, -0.2) is 19.7 Å². The molecule has 0 aliphatic heterocycles. The van der Waals surface area contributed by atoms with Crippen LogP contribution in [0.15, 0.2) is 79.4 Å². The van der Waals surface area contributed by atoms with Gasteiger partial charge in [0, 0.05) is 29.1 Å². The summed E-state index contributed by atoms with van der Waals surface area (Å²) in [4.78, 5) is 28.6. The molecule has 0 aliphatic rings. The van der Waals surface area contributed by atoms with Gasteiger partial charge >= 0.3 is 12.0 Å². The smallest absolute Gasteiger partial charge is 0.324 e. The number of hydrogen-bond donors (Lipinski definition) is 4. The third kappa shape index (κ3) is 6.16. The Morgan fingerprint density at radius 1 is 0.946 bits per heavy atom. The van der Waals surface area contributed by atoms with E-state index in [1.54, 1.807) is 24.3 Å². The zero-order valence-electron chi connectivity index (χ0n) is 19.4. The summed E-state index contributed by atoms with van der Waals surface area (Å²) < 4.78 is 5.83. The van der Waals surface area contributed by atoms with Gasteiger partial charge in [0.1, 0.15) is 23.7 Å². The van der Waals surface area contributed by atoms with Crippen LogP contribution in [0.2, 0.25) is 5.02 Å². The highest BCUT2D eigenvalue weighted by Gasteiger charge is 2.12. The first-order chi connectivity index (χ1) is 18.0. The van der Waals surface area contributed by atoms with Crippen molar-refractivity contribution < 1.29 is 9.53 Å². The average Bonchev–Trinajstić information content (AvgIpc) is 3.35. The standard InChI is InChI=1S/C25H20ClN9O2/c1-15-9-22(32-23-11-20(34-35-23)16-5-3-2-4-6-16)33-25(29-15)37-21-8-7-17(10-19(21)26)30-24(36)31-18-12-27-14-28-13-18/h2-14H,1H3,(H2,30,31,36)(H2,29,32,33,34,35). The maximum atomic E-state index is 12.2. The first kappa shape index (κ1) is 23.7. The number of carbonyl (C=O) groups is 1. The number of nitrogens with zero attached hydrogens (tertiary/aromatic N) is 5. The van der Waals surface area contributed by atoms with E-state index in [4.69, 9.17) is 16.3 Å². The van der Waals surface area contributed by atoms with Crippen LogP contribution >= 0.6 is 11.6 Å². The maximum absolute atomic E-state index is 12.2. The number of H-pyrrole nitrogens is 1. The van der Waals surface area contributed by atoms with E-state index < -0.39 is 6.03 Å². The number of aromatic amines is 1. The number of carbonyl (C=O) groups excluding carboxylic acids is 1. The molecule has 5 rings (SSSR count). The molecular weight excluding hydrogens is 494 g/mol. The number of aromatic nitrogens is 6. The van der Waals surface area contributed by atoms with Crippen LogP contribution in [0.25, 0.3) is 11.3 Å². The molecule has 184 valence electrons. The Morgan fingerprint density at radius 3 is 2.51 bits per heavy atom. The molecule has 37 heavy (non-hydrogen) atoms. The van der Waals surface area contributed by atoms with Crippen molar-refractivity contribution in [3.8, 4) is 23.0 Å². The molecule has 0 unspecified atom stereocenters. The Bertz CT molecular complexity index is 1530. The fourth-order valence-electron chi connectivity index (χ4n) is 3.35. The molecule has 5 aromatic rings. The molecule has 0 atom stereocenters. The summed E-state index contributed by atoms with van der Waals surface area (Å²) in [6.07, 6.45) is 4.34. The molecule has 0 aliphatic carbocycles. The molecule has 2 amide bonds.